The number of thiophene rings is 2. The Bertz CT molecular complexity index is 745. The molecule has 0 bridgehead atoms. The Kier molecular flexibility index (Phi) is 4.58. The minimum Gasteiger partial charge on any atom is -0.455 e. The van der Waals surface area contributed by atoms with E-state index >= 15 is 0 Å². The zero-order valence-corrected chi connectivity index (χ0v) is 15.1. The number of oxazole rings is 1. The molecular weight excluding hydrogens is 442 g/mol. The first-order chi connectivity index (χ1) is 10.1. The van der Waals surface area contributed by atoms with Crippen LogP contribution in [0, 0.1) is 0 Å². The molecule has 0 unspecified atom stereocenters. The first-order valence-corrected chi connectivity index (χ1v) is 9.02. The maximum absolute atomic E-state index is 11.9. The minimum atomic E-state index is -0.382. The van der Waals surface area contributed by atoms with Crippen molar-refractivity contribution in [3.8, 4) is 10.8 Å². The van der Waals surface area contributed by atoms with Crippen LogP contribution in [-0.4, -0.2) is 11.0 Å². The fourth-order valence-electron chi connectivity index (χ4n) is 1.54. The number of carbonyl (C=O) groups is 1. The smallest absolute Gasteiger partial charge is 0.348 e. The van der Waals surface area contributed by atoms with E-state index in [0.29, 0.717) is 16.5 Å². The Balaban J connectivity index is 1.64. The Morgan fingerprint density at radius 3 is 2.95 bits per heavy atom. The monoisotopic (exact) mass is 447 g/mol. The van der Waals surface area contributed by atoms with Crippen molar-refractivity contribution in [2.75, 3.05) is 0 Å². The summed E-state index contributed by atoms with van der Waals surface area (Å²) in [6.07, 6.45) is 1.50. The summed E-state index contributed by atoms with van der Waals surface area (Å²) in [6.45, 7) is 0.0842. The number of ether oxygens (including phenoxy) is 1. The number of nitrogens with zero attached hydrogens (tertiary/aromatic N) is 1. The van der Waals surface area contributed by atoms with E-state index in [0.717, 1.165) is 13.1 Å². The summed E-state index contributed by atoms with van der Waals surface area (Å²) in [6, 6.07) is 5.57. The lowest BCUT2D eigenvalue weighted by Gasteiger charge is -1.99. The van der Waals surface area contributed by atoms with Crippen molar-refractivity contribution in [2.24, 2.45) is 0 Å². The molecule has 0 amide bonds. The average Bonchev–Trinajstić information content (AvgIpc) is 3.17. The van der Waals surface area contributed by atoms with Crippen LogP contribution in [0.1, 0.15) is 15.4 Å². The van der Waals surface area contributed by atoms with Crippen LogP contribution in [0.3, 0.4) is 0 Å². The summed E-state index contributed by atoms with van der Waals surface area (Å²) < 4.78 is 12.3. The molecule has 0 saturated heterocycles. The van der Waals surface area contributed by atoms with Gasteiger partial charge in [0.2, 0.25) is 5.89 Å². The molecule has 0 N–H and O–H groups in total. The molecule has 8 heteroatoms. The largest absolute Gasteiger partial charge is 0.455 e. The third kappa shape index (κ3) is 3.45. The summed E-state index contributed by atoms with van der Waals surface area (Å²) in [7, 11) is 0. The molecule has 0 saturated carbocycles. The third-order valence-electron chi connectivity index (χ3n) is 2.48. The van der Waals surface area contributed by atoms with Gasteiger partial charge in [0.1, 0.15) is 23.4 Å². The summed E-state index contributed by atoms with van der Waals surface area (Å²) in [4.78, 5) is 17.7. The molecular formula is C13H7Br2NO3S2. The van der Waals surface area contributed by atoms with Gasteiger partial charge in [0.05, 0.1) is 8.66 Å². The van der Waals surface area contributed by atoms with Crippen molar-refractivity contribution in [3.63, 3.8) is 0 Å². The summed E-state index contributed by atoms with van der Waals surface area (Å²) in [5, 5.41) is 1.95. The number of halogens is 2. The number of rotatable bonds is 4. The van der Waals surface area contributed by atoms with Crippen molar-refractivity contribution >= 4 is 60.5 Å². The van der Waals surface area contributed by atoms with E-state index < -0.39 is 0 Å². The van der Waals surface area contributed by atoms with Crippen LogP contribution in [0.4, 0.5) is 0 Å². The molecule has 4 nitrogen and oxygen atoms in total. The Labute approximate surface area is 145 Å². The predicted molar refractivity (Wildman–Crippen MR) is 88.7 cm³/mol. The second-order valence-electron chi connectivity index (χ2n) is 3.93. The van der Waals surface area contributed by atoms with Gasteiger partial charge >= 0.3 is 5.97 Å². The highest BCUT2D eigenvalue weighted by Gasteiger charge is 2.15. The van der Waals surface area contributed by atoms with Crippen molar-refractivity contribution in [1.29, 1.82) is 0 Å². The lowest BCUT2D eigenvalue weighted by Crippen LogP contribution is -2.03. The van der Waals surface area contributed by atoms with Crippen LogP contribution in [-0.2, 0) is 11.3 Å². The SMILES string of the molecule is O=C(OCc1coc(-c2cccs2)n1)c1cc(Br)c(Br)s1. The third-order valence-corrected chi connectivity index (χ3v) is 6.58. The van der Waals surface area contributed by atoms with E-state index in [1.165, 1.54) is 17.6 Å². The molecule has 3 aromatic heterocycles. The van der Waals surface area contributed by atoms with Crippen molar-refractivity contribution in [3.05, 3.63) is 48.7 Å². The van der Waals surface area contributed by atoms with Gasteiger partial charge in [0.15, 0.2) is 0 Å². The molecule has 0 aromatic carbocycles. The summed E-state index contributed by atoms with van der Waals surface area (Å²) >= 11 is 9.53. The first-order valence-electron chi connectivity index (χ1n) is 5.73. The van der Waals surface area contributed by atoms with Gasteiger partial charge in [-0.1, -0.05) is 6.07 Å². The molecule has 3 rings (SSSR count). The van der Waals surface area contributed by atoms with E-state index in [1.807, 2.05) is 17.5 Å². The molecule has 0 radical (unpaired) electrons. The van der Waals surface area contributed by atoms with E-state index in [-0.39, 0.29) is 12.6 Å². The number of aromatic nitrogens is 1. The van der Waals surface area contributed by atoms with Gasteiger partial charge in [-0.15, -0.1) is 22.7 Å². The topological polar surface area (TPSA) is 52.3 Å². The second kappa shape index (κ2) is 6.43. The second-order valence-corrected chi connectivity index (χ2v) is 8.10. The summed E-state index contributed by atoms with van der Waals surface area (Å²) in [5.41, 5.74) is 0.585. The number of esters is 1. The van der Waals surface area contributed by atoms with Gasteiger partial charge in [0, 0.05) is 4.47 Å². The molecule has 0 fully saturated rings. The van der Waals surface area contributed by atoms with Crippen LogP contribution in [0.2, 0.25) is 0 Å². The highest BCUT2D eigenvalue weighted by molar-refractivity contribution is 9.13. The van der Waals surface area contributed by atoms with Crippen LogP contribution in [0.5, 0.6) is 0 Å². The molecule has 3 aromatic rings. The maximum atomic E-state index is 11.9. The number of hydrogen-bond acceptors (Lipinski definition) is 6. The van der Waals surface area contributed by atoms with Gasteiger partial charge in [0.25, 0.3) is 0 Å². The zero-order chi connectivity index (χ0) is 14.8. The molecule has 108 valence electrons. The van der Waals surface area contributed by atoms with Crippen molar-refractivity contribution in [2.45, 2.75) is 6.61 Å². The fourth-order valence-corrected chi connectivity index (χ4v) is 4.13. The van der Waals surface area contributed by atoms with E-state index in [1.54, 1.807) is 17.4 Å². The average molecular weight is 449 g/mol. The number of hydrogen-bond donors (Lipinski definition) is 0. The van der Waals surface area contributed by atoms with E-state index in [9.17, 15) is 4.79 Å². The molecule has 0 aliphatic heterocycles. The van der Waals surface area contributed by atoms with Gasteiger partial charge in [-0.05, 0) is 49.4 Å². The van der Waals surface area contributed by atoms with E-state index in [2.05, 4.69) is 36.8 Å². The lowest BCUT2D eigenvalue weighted by atomic mass is 10.4. The zero-order valence-electron chi connectivity index (χ0n) is 10.3. The molecule has 0 aliphatic rings. The van der Waals surface area contributed by atoms with Crippen LogP contribution in [0.15, 0.2) is 42.5 Å². The Morgan fingerprint density at radius 1 is 1.43 bits per heavy atom. The molecule has 3 heterocycles. The van der Waals surface area contributed by atoms with Gasteiger partial charge in [-0.2, -0.15) is 0 Å². The van der Waals surface area contributed by atoms with Crippen LogP contribution in [0.25, 0.3) is 10.8 Å². The normalized spacial score (nSPS) is 10.8. The number of carbonyl (C=O) groups excluding carboxylic acids is 1. The van der Waals surface area contributed by atoms with Gasteiger partial charge < -0.3 is 9.15 Å². The molecule has 21 heavy (non-hydrogen) atoms. The Morgan fingerprint density at radius 2 is 2.29 bits per heavy atom. The van der Waals surface area contributed by atoms with Gasteiger partial charge in [-0.3, -0.25) is 0 Å². The van der Waals surface area contributed by atoms with Crippen molar-refractivity contribution in [1.82, 2.24) is 4.98 Å². The predicted octanol–water partition coefficient (Wildman–Crippen LogP) is 5.35. The van der Waals surface area contributed by atoms with Gasteiger partial charge in [-0.25, -0.2) is 9.78 Å². The lowest BCUT2D eigenvalue weighted by molar-refractivity contribution is 0.0473. The van der Waals surface area contributed by atoms with Crippen molar-refractivity contribution < 1.29 is 13.9 Å². The highest BCUT2D eigenvalue weighted by Crippen LogP contribution is 2.32. The standard InChI is InChI=1S/C13H7Br2NO3S2/c14-8-4-10(21-11(8)15)13(17)19-6-7-5-18-12(16-7)9-2-1-3-20-9/h1-5H,6H2. The molecule has 0 atom stereocenters. The maximum Gasteiger partial charge on any atom is 0.348 e. The highest BCUT2D eigenvalue weighted by atomic mass is 79.9. The van der Waals surface area contributed by atoms with Crippen LogP contribution >= 0.6 is 54.5 Å². The summed E-state index contributed by atoms with van der Waals surface area (Å²) in [5.74, 6) is 0.157. The minimum absolute atomic E-state index is 0.0842. The van der Waals surface area contributed by atoms with E-state index in [4.69, 9.17) is 9.15 Å². The fraction of sp³-hybridized carbons (Fsp3) is 0.0769. The quantitative estimate of drug-likeness (QED) is 0.505. The Hall–Kier alpha value is -0.960. The molecule has 0 spiro atoms. The first kappa shape index (κ1) is 15.0. The van der Waals surface area contributed by atoms with Crippen LogP contribution < -0.4 is 0 Å². The molecule has 0 aliphatic carbocycles.